The van der Waals surface area contributed by atoms with Crippen molar-refractivity contribution in [2.45, 2.75) is 0 Å². The zero-order valence-corrected chi connectivity index (χ0v) is 13.9. The lowest BCUT2D eigenvalue weighted by Crippen LogP contribution is -2.10. The normalized spacial score (nSPS) is 10.8. The summed E-state index contributed by atoms with van der Waals surface area (Å²) in [5.41, 5.74) is 0.214. The fourth-order valence-corrected chi connectivity index (χ4v) is 2.81. The number of benzene rings is 3. The topological polar surface area (TPSA) is 65.7 Å². The average Bonchev–Trinajstić information content (AvgIpc) is 2.66. The van der Waals surface area contributed by atoms with Crippen LogP contribution in [0.3, 0.4) is 0 Å². The highest BCUT2D eigenvalue weighted by Crippen LogP contribution is 2.28. The van der Waals surface area contributed by atoms with Crippen molar-refractivity contribution in [3.8, 4) is 11.5 Å². The maximum Gasteiger partial charge on any atom is 0.347 e. The summed E-state index contributed by atoms with van der Waals surface area (Å²) < 4.78 is 15.9. The van der Waals surface area contributed by atoms with Crippen molar-refractivity contribution >= 4 is 27.7 Å². The molecule has 0 atom stereocenters. The van der Waals surface area contributed by atoms with Gasteiger partial charge in [-0.25, -0.2) is 9.59 Å². The van der Waals surface area contributed by atoms with Gasteiger partial charge in [0.2, 0.25) is 0 Å². The number of esters is 1. The van der Waals surface area contributed by atoms with E-state index in [-0.39, 0.29) is 5.75 Å². The van der Waals surface area contributed by atoms with Crippen LogP contribution in [0.5, 0.6) is 11.5 Å². The summed E-state index contributed by atoms with van der Waals surface area (Å²) >= 11 is 0. The first kappa shape index (κ1) is 15.9. The Morgan fingerprint density at radius 2 is 1.62 bits per heavy atom. The number of hydrogen-bond acceptors (Lipinski definition) is 5. The second-order valence-electron chi connectivity index (χ2n) is 5.74. The Morgan fingerprint density at radius 1 is 0.885 bits per heavy atom. The largest absolute Gasteiger partial charge is 0.496 e. The van der Waals surface area contributed by atoms with Gasteiger partial charge < -0.3 is 13.9 Å². The van der Waals surface area contributed by atoms with Crippen LogP contribution in [0.2, 0.25) is 0 Å². The third-order valence-corrected chi connectivity index (χ3v) is 4.09. The smallest absolute Gasteiger partial charge is 0.347 e. The molecule has 0 bridgehead atoms. The number of ether oxygens (including phenoxy) is 2. The molecule has 0 fully saturated rings. The van der Waals surface area contributed by atoms with Gasteiger partial charge in [-0.1, -0.05) is 24.3 Å². The molecule has 1 heterocycles. The van der Waals surface area contributed by atoms with Gasteiger partial charge in [-0.2, -0.15) is 0 Å². The number of rotatable bonds is 3. The van der Waals surface area contributed by atoms with E-state index in [1.54, 1.807) is 30.3 Å². The van der Waals surface area contributed by atoms with Crippen molar-refractivity contribution in [1.29, 1.82) is 0 Å². The summed E-state index contributed by atoms with van der Waals surface area (Å²) in [6.07, 6.45) is 0. The summed E-state index contributed by atoms with van der Waals surface area (Å²) in [7, 11) is 1.51. The molecule has 0 aliphatic carbocycles. The monoisotopic (exact) mass is 346 g/mol. The molecule has 1 aromatic heterocycles. The minimum absolute atomic E-state index is 0.284. The molecule has 0 saturated carbocycles. The second-order valence-corrected chi connectivity index (χ2v) is 5.74. The van der Waals surface area contributed by atoms with E-state index in [2.05, 4.69) is 0 Å². The van der Waals surface area contributed by atoms with E-state index < -0.39 is 11.6 Å². The third-order valence-electron chi connectivity index (χ3n) is 4.09. The molecule has 0 amide bonds. The lowest BCUT2D eigenvalue weighted by Gasteiger charge is -2.10. The second kappa shape index (κ2) is 6.37. The van der Waals surface area contributed by atoms with Gasteiger partial charge in [0.25, 0.3) is 0 Å². The first-order chi connectivity index (χ1) is 12.6. The van der Waals surface area contributed by atoms with E-state index in [1.807, 2.05) is 24.3 Å². The first-order valence-corrected chi connectivity index (χ1v) is 7.97. The highest BCUT2D eigenvalue weighted by Gasteiger charge is 2.16. The lowest BCUT2D eigenvalue weighted by molar-refractivity contribution is 0.0731. The van der Waals surface area contributed by atoms with Crippen LogP contribution in [-0.2, 0) is 0 Å². The van der Waals surface area contributed by atoms with Gasteiger partial charge in [-0.15, -0.1) is 0 Å². The molecule has 26 heavy (non-hydrogen) atoms. The molecule has 0 saturated heterocycles. The molecule has 128 valence electrons. The fraction of sp³-hybridized carbons (Fsp3) is 0.0476. The van der Waals surface area contributed by atoms with Gasteiger partial charge in [0.05, 0.1) is 7.11 Å². The van der Waals surface area contributed by atoms with E-state index in [9.17, 15) is 9.59 Å². The molecule has 3 aromatic carbocycles. The predicted octanol–water partition coefficient (Wildman–Crippen LogP) is 4.17. The predicted molar refractivity (Wildman–Crippen MR) is 97.9 cm³/mol. The summed E-state index contributed by atoms with van der Waals surface area (Å²) in [6.45, 7) is 0. The Bertz CT molecular complexity index is 1190. The van der Waals surface area contributed by atoms with Crippen molar-refractivity contribution in [2.75, 3.05) is 7.11 Å². The quantitative estimate of drug-likeness (QED) is 0.316. The van der Waals surface area contributed by atoms with E-state index >= 15 is 0 Å². The van der Waals surface area contributed by atoms with E-state index in [4.69, 9.17) is 13.9 Å². The maximum atomic E-state index is 12.6. The average molecular weight is 346 g/mol. The van der Waals surface area contributed by atoms with E-state index in [0.29, 0.717) is 16.9 Å². The molecule has 5 heteroatoms. The van der Waals surface area contributed by atoms with Crippen LogP contribution in [0.15, 0.2) is 75.9 Å². The molecule has 5 nitrogen and oxygen atoms in total. The maximum absolute atomic E-state index is 12.6. The highest BCUT2D eigenvalue weighted by molar-refractivity contribution is 5.99. The number of hydrogen-bond donors (Lipinski definition) is 0. The van der Waals surface area contributed by atoms with Gasteiger partial charge in [0.1, 0.15) is 22.6 Å². The minimum atomic E-state index is -0.551. The molecule has 0 unspecified atom stereocenters. The fourth-order valence-electron chi connectivity index (χ4n) is 2.81. The van der Waals surface area contributed by atoms with Crippen molar-refractivity contribution in [2.24, 2.45) is 0 Å². The van der Waals surface area contributed by atoms with E-state index in [1.165, 1.54) is 19.2 Å². The zero-order valence-electron chi connectivity index (χ0n) is 13.9. The molecule has 0 N–H and O–H groups in total. The molecule has 0 aliphatic rings. The van der Waals surface area contributed by atoms with E-state index in [0.717, 1.165) is 16.2 Å². The van der Waals surface area contributed by atoms with Crippen LogP contribution < -0.4 is 15.1 Å². The molecule has 0 spiro atoms. The molecular formula is C21H14O5. The van der Waals surface area contributed by atoms with Crippen molar-refractivity contribution in [3.63, 3.8) is 0 Å². The summed E-state index contributed by atoms with van der Waals surface area (Å²) in [4.78, 5) is 24.0. The Morgan fingerprint density at radius 3 is 2.38 bits per heavy atom. The Labute approximate surface area is 148 Å². The number of fused-ring (bicyclic) bond motifs is 2. The summed E-state index contributed by atoms with van der Waals surface area (Å²) in [5, 5.41) is 2.62. The lowest BCUT2D eigenvalue weighted by atomic mass is 10.1. The van der Waals surface area contributed by atoms with Crippen molar-refractivity contribution < 1.29 is 18.7 Å². The standard InChI is InChI=1S/C21H14O5/c1-24-19-11-15-5-3-2-4-14(15)10-17(19)21(23)25-16-8-6-13-7-9-20(22)26-18(13)12-16/h2-12H,1H3. The first-order valence-electron chi connectivity index (χ1n) is 7.97. The van der Waals surface area contributed by atoms with Crippen LogP contribution in [-0.4, -0.2) is 13.1 Å². The van der Waals surface area contributed by atoms with Gasteiger partial charge in [-0.3, -0.25) is 0 Å². The van der Waals surface area contributed by atoms with Crippen LogP contribution in [0.4, 0.5) is 0 Å². The van der Waals surface area contributed by atoms with Crippen LogP contribution in [0, 0.1) is 0 Å². The zero-order chi connectivity index (χ0) is 18.1. The third kappa shape index (κ3) is 2.91. The van der Waals surface area contributed by atoms with Crippen LogP contribution in [0.1, 0.15) is 10.4 Å². The van der Waals surface area contributed by atoms with Crippen molar-refractivity contribution in [3.05, 3.63) is 82.7 Å². The highest BCUT2D eigenvalue weighted by atomic mass is 16.5. The van der Waals surface area contributed by atoms with Gasteiger partial charge in [0, 0.05) is 17.5 Å². The molecule has 4 aromatic rings. The molecule has 4 rings (SSSR count). The summed E-state index contributed by atoms with van der Waals surface area (Å²) in [5.74, 6) is 0.165. The Kier molecular flexibility index (Phi) is 3.89. The molecule has 0 aliphatic heterocycles. The number of carbonyl (C=O) groups is 1. The van der Waals surface area contributed by atoms with Crippen LogP contribution in [0.25, 0.3) is 21.7 Å². The van der Waals surface area contributed by atoms with Crippen LogP contribution >= 0.6 is 0 Å². The number of carbonyl (C=O) groups excluding carboxylic acids is 1. The molecule has 0 radical (unpaired) electrons. The number of methoxy groups -OCH3 is 1. The SMILES string of the molecule is COc1cc2ccccc2cc1C(=O)Oc1ccc2ccc(=O)oc2c1. The van der Waals surface area contributed by atoms with Gasteiger partial charge >= 0.3 is 11.6 Å². The Hall–Kier alpha value is -3.60. The molecular weight excluding hydrogens is 332 g/mol. The Balaban J connectivity index is 1.71. The van der Waals surface area contributed by atoms with Gasteiger partial charge in [0.15, 0.2) is 0 Å². The van der Waals surface area contributed by atoms with Crippen molar-refractivity contribution in [1.82, 2.24) is 0 Å². The minimum Gasteiger partial charge on any atom is -0.496 e. The van der Waals surface area contributed by atoms with Gasteiger partial charge in [-0.05, 0) is 41.1 Å². The summed E-state index contributed by atoms with van der Waals surface area (Å²) in [6, 6.07) is 19.1.